The zero-order valence-electron chi connectivity index (χ0n) is 12.7. The Morgan fingerprint density at radius 1 is 1.16 bits per heavy atom. The quantitative estimate of drug-likeness (QED) is 0.710. The van der Waals surface area contributed by atoms with Gasteiger partial charge in [0, 0.05) is 17.9 Å². The van der Waals surface area contributed by atoms with Gasteiger partial charge in [0.1, 0.15) is 0 Å². The van der Waals surface area contributed by atoms with E-state index >= 15 is 0 Å². The molecule has 1 saturated carbocycles. The van der Waals surface area contributed by atoms with Gasteiger partial charge in [-0.15, -0.1) is 0 Å². The second-order valence-corrected chi connectivity index (χ2v) is 6.21. The Bertz CT molecular complexity index is 253. The van der Waals surface area contributed by atoms with Crippen LogP contribution in [-0.4, -0.2) is 24.2 Å². The summed E-state index contributed by atoms with van der Waals surface area (Å²) in [6.45, 7) is 5.13. The predicted octanol–water partition coefficient (Wildman–Crippen LogP) is 3.26. The summed E-state index contributed by atoms with van der Waals surface area (Å²) in [7, 11) is 0. The maximum absolute atomic E-state index is 12.2. The van der Waals surface area contributed by atoms with Crippen molar-refractivity contribution in [2.75, 3.05) is 13.2 Å². The average molecular weight is 269 g/mol. The summed E-state index contributed by atoms with van der Waals surface area (Å²) >= 11 is 0. The van der Waals surface area contributed by atoms with Crippen LogP contribution in [0.1, 0.15) is 71.6 Å². The maximum Gasteiger partial charge on any atom is 0.223 e. The van der Waals surface area contributed by atoms with Crippen molar-refractivity contribution >= 4 is 5.91 Å². The lowest BCUT2D eigenvalue weighted by Gasteiger charge is -2.36. The standard InChI is InChI=1S/C16H31NO2/c1-3-8-14(9-4-2)15(19)17-12-16(13-18)10-6-5-7-11-16/h14,18H,3-13H2,1-2H3,(H,17,19). The number of hydrogen-bond donors (Lipinski definition) is 2. The largest absolute Gasteiger partial charge is 0.396 e. The first-order valence-corrected chi connectivity index (χ1v) is 8.06. The van der Waals surface area contributed by atoms with E-state index in [2.05, 4.69) is 19.2 Å². The molecule has 1 fully saturated rings. The monoisotopic (exact) mass is 269 g/mol. The number of aliphatic hydroxyl groups is 1. The van der Waals surface area contributed by atoms with E-state index < -0.39 is 0 Å². The lowest BCUT2D eigenvalue weighted by Crippen LogP contribution is -2.43. The minimum absolute atomic E-state index is 0.0448. The fraction of sp³-hybridized carbons (Fsp3) is 0.938. The molecule has 0 heterocycles. The Morgan fingerprint density at radius 2 is 1.74 bits per heavy atom. The van der Waals surface area contributed by atoms with Gasteiger partial charge in [0.15, 0.2) is 0 Å². The van der Waals surface area contributed by atoms with Gasteiger partial charge >= 0.3 is 0 Å². The highest BCUT2D eigenvalue weighted by Gasteiger charge is 2.32. The fourth-order valence-electron chi connectivity index (χ4n) is 3.21. The highest BCUT2D eigenvalue weighted by molar-refractivity contribution is 5.78. The molecule has 3 heteroatoms. The van der Waals surface area contributed by atoms with Crippen LogP contribution < -0.4 is 5.32 Å². The van der Waals surface area contributed by atoms with Crippen molar-refractivity contribution in [2.45, 2.75) is 71.6 Å². The SMILES string of the molecule is CCCC(CCC)C(=O)NCC1(CO)CCCCC1. The van der Waals surface area contributed by atoms with Gasteiger partial charge < -0.3 is 10.4 Å². The summed E-state index contributed by atoms with van der Waals surface area (Å²) < 4.78 is 0. The fourth-order valence-corrected chi connectivity index (χ4v) is 3.21. The summed E-state index contributed by atoms with van der Waals surface area (Å²) in [5.74, 6) is 0.358. The summed E-state index contributed by atoms with van der Waals surface area (Å²) in [6, 6.07) is 0. The summed E-state index contributed by atoms with van der Waals surface area (Å²) in [6.07, 6.45) is 9.81. The smallest absolute Gasteiger partial charge is 0.223 e. The molecule has 1 aliphatic rings. The van der Waals surface area contributed by atoms with Crippen molar-refractivity contribution in [3.63, 3.8) is 0 Å². The van der Waals surface area contributed by atoms with Crippen LogP contribution in [0.4, 0.5) is 0 Å². The van der Waals surface area contributed by atoms with E-state index in [0.717, 1.165) is 38.5 Å². The zero-order chi connectivity index (χ0) is 14.1. The number of carbonyl (C=O) groups excluding carboxylic acids is 1. The highest BCUT2D eigenvalue weighted by atomic mass is 16.3. The van der Waals surface area contributed by atoms with Crippen LogP contribution in [0.3, 0.4) is 0 Å². The molecular formula is C16H31NO2. The van der Waals surface area contributed by atoms with E-state index in [1.54, 1.807) is 0 Å². The van der Waals surface area contributed by atoms with E-state index in [1.807, 2.05) is 0 Å². The Morgan fingerprint density at radius 3 is 2.21 bits per heavy atom. The van der Waals surface area contributed by atoms with E-state index in [0.29, 0.717) is 6.54 Å². The van der Waals surface area contributed by atoms with E-state index in [9.17, 15) is 9.90 Å². The molecule has 0 aromatic heterocycles. The van der Waals surface area contributed by atoms with E-state index in [1.165, 1.54) is 19.3 Å². The normalized spacial score (nSPS) is 18.5. The van der Waals surface area contributed by atoms with Gasteiger partial charge in [-0.2, -0.15) is 0 Å². The minimum atomic E-state index is -0.0448. The second kappa shape index (κ2) is 8.57. The van der Waals surface area contributed by atoms with Crippen LogP contribution in [-0.2, 0) is 4.79 Å². The van der Waals surface area contributed by atoms with Crippen LogP contribution in [0.15, 0.2) is 0 Å². The molecule has 19 heavy (non-hydrogen) atoms. The van der Waals surface area contributed by atoms with Crippen molar-refractivity contribution in [1.29, 1.82) is 0 Å². The molecular weight excluding hydrogens is 238 g/mol. The molecule has 3 nitrogen and oxygen atoms in total. The third-order valence-corrected chi connectivity index (χ3v) is 4.53. The van der Waals surface area contributed by atoms with Gasteiger partial charge in [0.25, 0.3) is 0 Å². The summed E-state index contributed by atoms with van der Waals surface area (Å²) in [4.78, 5) is 12.2. The molecule has 0 radical (unpaired) electrons. The summed E-state index contributed by atoms with van der Waals surface area (Å²) in [5.41, 5.74) is -0.0448. The molecule has 0 atom stereocenters. The minimum Gasteiger partial charge on any atom is -0.396 e. The van der Waals surface area contributed by atoms with Gasteiger partial charge in [0.05, 0.1) is 6.61 Å². The van der Waals surface area contributed by atoms with E-state index in [-0.39, 0.29) is 23.8 Å². The van der Waals surface area contributed by atoms with Crippen molar-refractivity contribution < 1.29 is 9.90 Å². The summed E-state index contributed by atoms with van der Waals surface area (Å²) in [5, 5.41) is 12.8. The van der Waals surface area contributed by atoms with Gasteiger partial charge in [-0.05, 0) is 25.7 Å². The Labute approximate surface area is 118 Å². The number of amides is 1. The molecule has 0 spiro atoms. The molecule has 0 unspecified atom stereocenters. The molecule has 1 amide bonds. The van der Waals surface area contributed by atoms with Crippen LogP contribution in [0.25, 0.3) is 0 Å². The van der Waals surface area contributed by atoms with Crippen LogP contribution in [0.2, 0.25) is 0 Å². The molecule has 0 saturated heterocycles. The number of hydrogen-bond acceptors (Lipinski definition) is 2. The van der Waals surface area contributed by atoms with Gasteiger partial charge in [0.2, 0.25) is 5.91 Å². The van der Waals surface area contributed by atoms with Gasteiger partial charge in [-0.25, -0.2) is 0 Å². The first-order chi connectivity index (χ1) is 9.17. The van der Waals surface area contributed by atoms with Crippen molar-refractivity contribution in [2.24, 2.45) is 11.3 Å². The van der Waals surface area contributed by atoms with Crippen LogP contribution in [0, 0.1) is 11.3 Å². The number of aliphatic hydroxyl groups excluding tert-OH is 1. The molecule has 0 bridgehead atoms. The van der Waals surface area contributed by atoms with Crippen molar-refractivity contribution in [3.05, 3.63) is 0 Å². The van der Waals surface area contributed by atoms with Crippen LogP contribution >= 0.6 is 0 Å². The first-order valence-electron chi connectivity index (χ1n) is 8.06. The third-order valence-electron chi connectivity index (χ3n) is 4.53. The zero-order valence-corrected chi connectivity index (χ0v) is 12.7. The predicted molar refractivity (Wildman–Crippen MR) is 78.9 cm³/mol. The maximum atomic E-state index is 12.2. The Hall–Kier alpha value is -0.570. The topological polar surface area (TPSA) is 49.3 Å². The number of rotatable bonds is 8. The van der Waals surface area contributed by atoms with E-state index in [4.69, 9.17) is 0 Å². The highest BCUT2D eigenvalue weighted by Crippen LogP contribution is 2.35. The second-order valence-electron chi connectivity index (χ2n) is 6.21. The van der Waals surface area contributed by atoms with Crippen molar-refractivity contribution in [3.8, 4) is 0 Å². The molecule has 0 aromatic carbocycles. The van der Waals surface area contributed by atoms with Gasteiger partial charge in [-0.3, -0.25) is 4.79 Å². The molecule has 1 aliphatic carbocycles. The third kappa shape index (κ3) is 5.13. The van der Waals surface area contributed by atoms with Gasteiger partial charge in [-0.1, -0.05) is 46.0 Å². The Balaban J connectivity index is 2.45. The molecule has 1 rings (SSSR count). The molecule has 0 aliphatic heterocycles. The van der Waals surface area contributed by atoms with Crippen molar-refractivity contribution in [1.82, 2.24) is 5.32 Å². The molecule has 0 aromatic rings. The average Bonchev–Trinajstić information content (AvgIpc) is 2.45. The lowest BCUT2D eigenvalue weighted by molar-refractivity contribution is -0.126. The number of carbonyl (C=O) groups is 1. The van der Waals surface area contributed by atoms with Crippen LogP contribution in [0.5, 0.6) is 0 Å². The lowest BCUT2D eigenvalue weighted by atomic mass is 9.74. The first kappa shape index (κ1) is 16.5. The molecule has 2 N–H and O–H groups in total. The molecule has 112 valence electrons. The number of nitrogens with one attached hydrogen (secondary N) is 1. The Kier molecular flexibility index (Phi) is 7.44.